The highest BCUT2D eigenvalue weighted by atomic mass is 35.5. The molecular weight excluding hydrogens is 200 g/mol. The quantitative estimate of drug-likeness (QED) is 0.616. The van der Waals surface area contributed by atoms with Gasteiger partial charge in [0.05, 0.1) is 5.52 Å². The first-order chi connectivity index (χ1) is 6.75. The van der Waals surface area contributed by atoms with E-state index >= 15 is 0 Å². The van der Waals surface area contributed by atoms with Gasteiger partial charge in [-0.25, -0.2) is 4.98 Å². The minimum absolute atomic E-state index is 0.319. The summed E-state index contributed by atoms with van der Waals surface area (Å²) in [6.07, 6.45) is 2.03. The van der Waals surface area contributed by atoms with Gasteiger partial charge < -0.3 is 9.47 Å². The summed E-state index contributed by atoms with van der Waals surface area (Å²) in [5, 5.41) is 0.319. The summed E-state index contributed by atoms with van der Waals surface area (Å²) in [7, 11) is 2.02. The van der Waals surface area contributed by atoms with Crippen molar-refractivity contribution in [2.24, 2.45) is 0 Å². The molecule has 2 aromatic heterocycles. The molecule has 0 bridgehead atoms. The molecule has 0 spiro atoms. The molecule has 0 radical (unpaired) electrons. The van der Waals surface area contributed by atoms with Crippen molar-refractivity contribution in [2.75, 3.05) is 18.5 Å². The normalized spacial score (nSPS) is 15.1. The number of nitrogens with zero attached hydrogens (tertiary/aromatic N) is 4. The first kappa shape index (κ1) is 8.05. The SMILES string of the molecule is CN1CCn2ccc3nc(Cl)nc1c32. The van der Waals surface area contributed by atoms with Gasteiger partial charge in [0.15, 0.2) is 5.82 Å². The fraction of sp³-hybridized carbons (Fsp3) is 0.333. The van der Waals surface area contributed by atoms with Gasteiger partial charge in [-0.05, 0) is 17.7 Å². The predicted molar refractivity (Wildman–Crippen MR) is 55.8 cm³/mol. The van der Waals surface area contributed by atoms with Crippen LogP contribution in [0, 0.1) is 0 Å². The lowest BCUT2D eigenvalue weighted by Crippen LogP contribution is -2.28. The Morgan fingerprint density at radius 1 is 1.36 bits per heavy atom. The van der Waals surface area contributed by atoms with E-state index in [4.69, 9.17) is 11.6 Å². The van der Waals surface area contributed by atoms with Gasteiger partial charge >= 0.3 is 0 Å². The highest BCUT2D eigenvalue weighted by Crippen LogP contribution is 2.28. The third kappa shape index (κ3) is 0.944. The van der Waals surface area contributed by atoms with E-state index in [2.05, 4.69) is 19.4 Å². The summed E-state index contributed by atoms with van der Waals surface area (Å²) in [6, 6.07) is 1.98. The average molecular weight is 209 g/mol. The van der Waals surface area contributed by atoms with Gasteiger partial charge in [-0.2, -0.15) is 4.98 Å². The maximum Gasteiger partial charge on any atom is 0.225 e. The Hall–Kier alpha value is -1.29. The predicted octanol–water partition coefficient (Wildman–Crippen LogP) is 1.53. The van der Waals surface area contributed by atoms with E-state index in [1.165, 1.54) is 0 Å². The van der Waals surface area contributed by atoms with Crippen LogP contribution in [0.3, 0.4) is 0 Å². The van der Waals surface area contributed by atoms with Crippen LogP contribution in [0.2, 0.25) is 5.28 Å². The summed E-state index contributed by atoms with van der Waals surface area (Å²) in [6.45, 7) is 1.95. The second kappa shape index (κ2) is 2.60. The van der Waals surface area contributed by atoms with Gasteiger partial charge in [0, 0.05) is 26.3 Å². The molecule has 3 heterocycles. The average Bonchev–Trinajstić information content (AvgIpc) is 2.55. The zero-order valence-corrected chi connectivity index (χ0v) is 8.49. The Kier molecular flexibility index (Phi) is 1.50. The van der Waals surface area contributed by atoms with Gasteiger partial charge in [0.25, 0.3) is 0 Å². The number of likely N-dealkylation sites (N-methyl/N-ethyl adjacent to an activating group) is 1. The Morgan fingerprint density at radius 3 is 3.07 bits per heavy atom. The number of hydrogen-bond acceptors (Lipinski definition) is 3. The first-order valence-electron chi connectivity index (χ1n) is 4.49. The Bertz CT molecular complexity index is 505. The molecule has 0 unspecified atom stereocenters. The lowest BCUT2D eigenvalue weighted by molar-refractivity contribution is 0.677. The maximum absolute atomic E-state index is 5.84. The zero-order valence-electron chi connectivity index (χ0n) is 7.74. The highest BCUT2D eigenvalue weighted by Gasteiger charge is 2.18. The summed E-state index contributed by atoms with van der Waals surface area (Å²) in [4.78, 5) is 10.5. The van der Waals surface area contributed by atoms with Crippen molar-refractivity contribution in [2.45, 2.75) is 6.54 Å². The van der Waals surface area contributed by atoms with Crippen molar-refractivity contribution in [3.05, 3.63) is 17.5 Å². The van der Waals surface area contributed by atoms with Crippen LogP contribution in [0.5, 0.6) is 0 Å². The minimum Gasteiger partial charge on any atom is -0.356 e. The Balaban J connectivity index is 2.45. The molecule has 5 heteroatoms. The lowest BCUT2D eigenvalue weighted by Gasteiger charge is -2.25. The van der Waals surface area contributed by atoms with Crippen LogP contribution in [0.15, 0.2) is 12.3 Å². The third-order valence-electron chi connectivity index (χ3n) is 2.60. The fourth-order valence-electron chi connectivity index (χ4n) is 1.88. The summed E-state index contributed by atoms with van der Waals surface area (Å²) >= 11 is 5.84. The molecule has 0 aliphatic carbocycles. The molecular formula is C9H9ClN4. The molecule has 0 saturated carbocycles. The van der Waals surface area contributed by atoms with Gasteiger partial charge in [-0.15, -0.1) is 0 Å². The molecule has 0 atom stereocenters. The largest absolute Gasteiger partial charge is 0.356 e. The third-order valence-corrected chi connectivity index (χ3v) is 2.77. The molecule has 0 fully saturated rings. The molecule has 4 nitrogen and oxygen atoms in total. The molecule has 0 N–H and O–H groups in total. The van der Waals surface area contributed by atoms with Crippen molar-refractivity contribution in [3.8, 4) is 0 Å². The second-order valence-corrected chi connectivity index (χ2v) is 3.82. The van der Waals surface area contributed by atoms with E-state index in [0.29, 0.717) is 5.28 Å². The lowest BCUT2D eigenvalue weighted by atomic mass is 10.3. The summed E-state index contributed by atoms with van der Waals surface area (Å²) in [5.41, 5.74) is 2.01. The van der Waals surface area contributed by atoms with Gasteiger partial charge in [0.1, 0.15) is 5.52 Å². The van der Waals surface area contributed by atoms with Crippen molar-refractivity contribution < 1.29 is 0 Å². The molecule has 0 amide bonds. The molecule has 72 valence electrons. The molecule has 3 rings (SSSR count). The van der Waals surface area contributed by atoms with E-state index in [-0.39, 0.29) is 0 Å². The molecule has 2 aromatic rings. The van der Waals surface area contributed by atoms with E-state index in [1.807, 2.05) is 19.3 Å². The summed E-state index contributed by atoms with van der Waals surface area (Å²) in [5.74, 6) is 0.927. The van der Waals surface area contributed by atoms with Crippen LogP contribution in [0.4, 0.5) is 5.82 Å². The maximum atomic E-state index is 5.84. The summed E-state index contributed by atoms with van der Waals surface area (Å²) < 4.78 is 2.17. The Morgan fingerprint density at radius 2 is 2.21 bits per heavy atom. The van der Waals surface area contributed by atoms with Crippen LogP contribution in [0.1, 0.15) is 0 Å². The number of anilines is 1. The van der Waals surface area contributed by atoms with Crippen LogP contribution >= 0.6 is 11.6 Å². The van der Waals surface area contributed by atoms with Crippen molar-refractivity contribution in [1.29, 1.82) is 0 Å². The number of aromatic nitrogens is 3. The highest BCUT2D eigenvalue weighted by molar-refractivity contribution is 6.28. The minimum atomic E-state index is 0.319. The van der Waals surface area contributed by atoms with Crippen LogP contribution in [-0.4, -0.2) is 28.1 Å². The van der Waals surface area contributed by atoms with Crippen LogP contribution in [-0.2, 0) is 6.54 Å². The molecule has 1 aliphatic rings. The molecule has 14 heavy (non-hydrogen) atoms. The topological polar surface area (TPSA) is 34.0 Å². The number of hydrogen-bond donors (Lipinski definition) is 0. The standard InChI is InChI=1S/C9H9ClN4/c1-13-4-5-14-3-2-6-7(14)8(13)12-9(10)11-6/h2-3H,4-5H2,1H3. The monoisotopic (exact) mass is 208 g/mol. The molecule has 1 aliphatic heterocycles. The zero-order chi connectivity index (χ0) is 9.71. The first-order valence-corrected chi connectivity index (χ1v) is 4.87. The van der Waals surface area contributed by atoms with E-state index in [1.54, 1.807) is 0 Å². The van der Waals surface area contributed by atoms with E-state index in [0.717, 1.165) is 29.9 Å². The van der Waals surface area contributed by atoms with Gasteiger partial charge in [0.2, 0.25) is 5.28 Å². The van der Waals surface area contributed by atoms with E-state index in [9.17, 15) is 0 Å². The second-order valence-electron chi connectivity index (χ2n) is 3.48. The van der Waals surface area contributed by atoms with E-state index < -0.39 is 0 Å². The van der Waals surface area contributed by atoms with Crippen LogP contribution < -0.4 is 4.90 Å². The van der Waals surface area contributed by atoms with Crippen molar-refractivity contribution in [3.63, 3.8) is 0 Å². The van der Waals surface area contributed by atoms with Crippen LogP contribution in [0.25, 0.3) is 11.0 Å². The molecule has 0 saturated heterocycles. The van der Waals surface area contributed by atoms with Crippen molar-refractivity contribution >= 4 is 28.5 Å². The Labute approximate surface area is 86.1 Å². The molecule has 0 aromatic carbocycles. The van der Waals surface area contributed by atoms with Gasteiger partial charge in [-0.3, -0.25) is 0 Å². The fourth-order valence-corrected chi connectivity index (χ4v) is 2.05. The smallest absolute Gasteiger partial charge is 0.225 e. The number of rotatable bonds is 0. The van der Waals surface area contributed by atoms with Gasteiger partial charge in [-0.1, -0.05) is 0 Å². The van der Waals surface area contributed by atoms with Crippen molar-refractivity contribution in [1.82, 2.24) is 14.5 Å². The number of halogens is 1.